The molecule has 4 unspecified atom stereocenters. The molecule has 0 aromatic heterocycles. The first kappa shape index (κ1) is 27.0. The first-order chi connectivity index (χ1) is 15.4. The maximum Gasteiger partial charge on any atom is 0.185 e. The van der Waals surface area contributed by atoms with E-state index in [0.29, 0.717) is 11.6 Å². The van der Waals surface area contributed by atoms with E-state index in [2.05, 4.69) is 65.0 Å². The summed E-state index contributed by atoms with van der Waals surface area (Å²) in [6.07, 6.45) is 10.4. The van der Waals surface area contributed by atoms with Crippen LogP contribution in [0.3, 0.4) is 0 Å². The van der Waals surface area contributed by atoms with Crippen molar-refractivity contribution in [3.8, 4) is 11.5 Å². The average Bonchev–Trinajstić information content (AvgIpc) is 3.29. The third-order valence-corrected chi connectivity index (χ3v) is 7.29. The molecule has 1 saturated heterocycles. The third-order valence-electron chi connectivity index (χ3n) is 7.29. The summed E-state index contributed by atoms with van der Waals surface area (Å²) in [5.74, 6) is 0.782. The van der Waals surface area contributed by atoms with E-state index in [1.165, 1.54) is 0 Å². The molecular weight excluding hydrogens is 406 g/mol. The van der Waals surface area contributed by atoms with Crippen molar-refractivity contribution in [3.05, 3.63) is 55.8 Å². The van der Waals surface area contributed by atoms with E-state index in [1.54, 1.807) is 24.4 Å². The Kier molecular flexibility index (Phi) is 8.87. The Bertz CT molecular complexity index is 906. The van der Waals surface area contributed by atoms with E-state index < -0.39 is 0 Å². The van der Waals surface area contributed by atoms with Gasteiger partial charge in [-0.05, 0) is 55.3 Å². The van der Waals surface area contributed by atoms with Crippen molar-refractivity contribution in [2.45, 2.75) is 83.5 Å². The molecule has 4 nitrogen and oxygen atoms in total. The molecule has 0 saturated carbocycles. The number of hydrogen-bond acceptors (Lipinski definition) is 4. The van der Waals surface area contributed by atoms with E-state index >= 15 is 0 Å². The summed E-state index contributed by atoms with van der Waals surface area (Å²) >= 11 is 0. The second-order valence-electron chi connectivity index (χ2n) is 11.2. The van der Waals surface area contributed by atoms with Crippen LogP contribution in [-0.4, -0.2) is 41.5 Å². The molecule has 1 aliphatic rings. The normalized spacial score (nSPS) is 24.8. The van der Waals surface area contributed by atoms with Gasteiger partial charge in [0.1, 0.15) is 0 Å². The van der Waals surface area contributed by atoms with Crippen molar-refractivity contribution in [1.29, 1.82) is 0 Å². The Labute approximate surface area is 202 Å². The molecule has 6 heteroatoms. The summed E-state index contributed by atoms with van der Waals surface area (Å²) in [5.41, 5.74) is 2.28. The lowest BCUT2D eigenvalue weighted by molar-refractivity contribution is 0.332. The molecule has 1 aromatic carbocycles. The number of phenolic OH excluding ortho intramolecular Hbond substituents is 2. The summed E-state index contributed by atoms with van der Waals surface area (Å²) in [7, 11) is 1.76. The summed E-state index contributed by atoms with van der Waals surface area (Å²) in [5, 5.41) is 23.6. The lowest BCUT2D eigenvalue weighted by Crippen LogP contribution is -2.37. The fourth-order valence-electron chi connectivity index (χ4n) is 5.18. The average molecular weight is 448 g/mol. The lowest BCUT2D eigenvalue weighted by atomic mass is 9.49. The number of phenols is 2. The summed E-state index contributed by atoms with van der Waals surface area (Å²) < 4.78 is 0. The van der Waals surface area contributed by atoms with E-state index in [4.69, 9.17) is 0 Å². The van der Waals surface area contributed by atoms with Crippen molar-refractivity contribution in [3.63, 3.8) is 0 Å². The predicted octanol–water partition coefficient (Wildman–Crippen LogP) is 4.81. The molecule has 4 atom stereocenters. The zero-order chi connectivity index (χ0) is 24.9. The van der Waals surface area contributed by atoms with Crippen LogP contribution < -0.4 is 10.8 Å². The van der Waals surface area contributed by atoms with Gasteiger partial charge in [0.05, 0.1) is 0 Å². The highest BCUT2D eigenvalue weighted by Crippen LogP contribution is 2.54. The molecule has 0 bridgehead atoms. The van der Waals surface area contributed by atoms with Crippen molar-refractivity contribution >= 4 is 25.6 Å². The van der Waals surface area contributed by atoms with Gasteiger partial charge in [-0.3, -0.25) is 4.99 Å². The van der Waals surface area contributed by atoms with E-state index in [9.17, 15) is 10.2 Å². The number of rotatable bonds is 12. The topological polar surface area (TPSA) is 74.8 Å². The Morgan fingerprint density at radius 3 is 2.45 bits per heavy atom. The van der Waals surface area contributed by atoms with Gasteiger partial charge in [0.2, 0.25) is 0 Å². The van der Waals surface area contributed by atoms with Crippen LogP contribution in [0.4, 0.5) is 0 Å². The van der Waals surface area contributed by atoms with Crippen LogP contribution in [0.15, 0.2) is 60.8 Å². The highest BCUT2D eigenvalue weighted by atomic mass is 16.3. The number of nitrogens with zero attached hydrogens (tertiary/aromatic N) is 1. The maximum absolute atomic E-state index is 10.0. The predicted molar refractivity (Wildman–Crippen MR) is 147 cm³/mol. The summed E-state index contributed by atoms with van der Waals surface area (Å²) in [4.78, 5) is 4.54. The quantitative estimate of drug-likeness (QED) is 0.141. The lowest BCUT2D eigenvalue weighted by Gasteiger charge is -2.32. The van der Waals surface area contributed by atoms with Gasteiger partial charge in [-0.25, -0.2) is 0 Å². The van der Waals surface area contributed by atoms with E-state index in [0.717, 1.165) is 44.9 Å². The Hall–Kier alpha value is -2.20. The minimum atomic E-state index is -0.0693. The zero-order valence-electron chi connectivity index (χ0n) is 21.5. The smallest absolute Gasteiger partial charge is 0.185 e. The number of benzene rings is 1. The number of nitrogens with one attached hydrogen (secondary N) is 1. The van der Waals surface area contributed by atoms with Gasteiger partial charge in [0.25, 0.3) is 0 Å². The summed E-state index contributed by atoms with van der Waals surface area (Å²) in [6.45, 7) is 21.5. The Morgan fingerprint density at radius 1 is 1.21 bits per heavy atom. The molecule has 1 aliphatic heterocycles. The third kappa shape index (κ3) is 7.14. The second kappa shape index (κ2) is 10.8. The SMILES string of the molecule is C=C/C=C\N=C(\BC(CC)CC1(C)NC1(C)C(Bc1ccc(O)c(O)c1)CC(C)(C)C)C=C. The zero-order valence-corrected chi connectivity index (χ0v) is 21.5. The largest absolute Gasteiger partial charge is 0.504 e. The van der Waals surface area contributed by atoms with Gasteiger partial charge >= 0.3 is 0 Å². The number of allylic oxidation sites excluding steroid dienone is 3. The van der Waals surface area contributed by atoms with Crippen molar-refractivity contribution in [2.24, 2.45) is 10.4 Å². The van der Waals surface area contributed by atoms with Crippen LogP contribution in [0, 0.1) is 5.41 Å². The van der Waals surface area contributed by atoms with Gasteiger partial charge in [0, 0.05) is 17.3 Å². The number of hydrogen-bond donors (Lipinski definition) is 3. The molecule has 33 heavy (non-hydrogen) atoms. The number of aromatic hydroxyl groups is 2. The minimum absolute atomic E-state index is 0.00453. The molecule has 1 heterocycles. The fraction of sp³-hybridized carbons (Fsp3) is 0.519. The van der Waals surface area contributed by atoms with Gasteiger partial charge in [-0.15, -0.1) is 0 Å². The van der Waals surface area contributed by atoms with Gasteiger partial charge < -0.3 is 15.5 Å². The maximum atomic E-state index is 10.0. The highest BCUT2D eigenvalue weighted by molar-refractivity contribution is 6.79. The van der Waals surface area contributed by atoms with E-state index in [-0.39, 0.29) is 28.0 Å². The molecule has 1 fully saturated rings. The minimum Gasteiger partial charge on any atom is -0.504 e. The van der Waals surface area contributed by atoms with Gasteiger partial charge in [-0.2, -0.15) is 0 Å². The molecule has 0 radical (unpaired) electrons. The van der Waals surface area contributed by atoms with Crippen LogP contribution in [0.1, 0.15) is 60.8 Å². The first-order valence-electron chi connectivity index (χ1n) is 12.1. The molecule has 1 aromatic rings. The van der Waals surface area contributed by atoms with E-state index in [1.807, 2.05) is 18.2 Å². The molecule has 3 N–H and O–H groups in total. The second-order valence-corrected chi connectivity index (χ2v) is 11.2. The fourth-order valence-corrected chi connectivity index (χ4v) is 5.18. The standard InChI is InChI=1S/C27H42B2N2O2/c1-9-12-15-30-24(11-3)29-19(10-2)17-26(7)27(8,31-26)23(18-25(4,5)6)28-20-13-14-21(32)22(33)16-20/h9,11-16,19,23,28-29,31-33H,1,3,10,17-18H2,2,4-8H3/b15-12-,30-24+. The Balaban J connectivity index is 2.21. The molecule has 0 aliphatic carbocycles. The molecule has 0 spiro atoms. The van der Waals surface area contributed by atoms with Crippen LogP contribution in [0.5, 0.6) is 11.5 Å². The highest BCUT2D eigenvalue weighted by Gasteiger charge is 2.64. The number of aliphatic imine (C=N–C) groups is 1. The monoisotopic (exact) mass is 448 g/mol. The summed E-state index contributed by atoms with van der Waals surface area (Å²) in [6, 6.07) is 5.21. The molecule has 2 rings (SSSR count). The molecule has 178 valence electrons. The van der Waals surface area contributed by atoms with Crippen molar-refractivity contribution in [1.82, 2.24) is 5.32 Å². The van der Waals surface area contributed by atoms with Crippen molar-refractivity contribution < 1.29 is 10.2 Å². The molecule has 0 amide bonds. The van der Waals surface area contributed by atoms with Crippen LogP contribution in [-0.2, 0) is 0 Å². The van der Waals surface area contributed by atoms with Crippen LogP contribution in [0.25, 0.3) is 0 Å². The first-order valence-corrected chi connectivity index (χ1v) is 12.1. The Morgan fingerprint density at radius 2 is 1.91 bits per heavy atom. The van der Waals surface area contributed by atoms with Crippen LogP contribution in [0.2, 0.25) is 11.6 Å². The van der Waals surface area contributed by atoms with Crippen molar-refractivity contribution in [2.75, 3.05) is 0 Å². The van der Waals surface area contributed by atoms with Crippen LogP contribution >= 0.6 is 0 Å². The molecular formula is C27H42B2N2O2. The van der Waals surface area contributed by atoms with Gasteiger partial charge in [-0.1, -0.05) is 83.2 Å². The van der Waals surface area contributed by atoms with Gasteiger partial charge in [0.15, 0.2) is 26.1 Å².